The maximum Gasteiger partial charge on any atom is 0.135 e. The molecule has 0 fully saturated rings. The summed E-state index contributed by atoms with van der Waals surface area (Å²) in [4.78, 5) is 17.8. The molecule has 0 radical (unpaired) electrons. The molecule has 1 N–H and O–H groups in total. The Hall–Kier alpha value is -4.12. The van der Waals surface area contributed by atoms with Gasteiger partial charge in [-0.2, -0.15) is 0 Å². The first-order valence-corrected chi connectivity index (χ1v) is 10.6. The molecule has 0 atom stereocenters. The molecule has 4 aromatic heterocycles. The van der Waals surface area contributed by atoms with E-state index in [4.69, 9.17) is 0 Å². The number of rotatable bonds is 5. The van der Waals surface area contributed by atoms with Crippen molar-refractivity contribution in [2.75, 3.05) is 5.32 Å². The lowest BCUT2D eigenvalue weighted by Crippen LogP contribution is -2.02. The number of benzene rings is 1. The zero-order valence-electron chi connectivity index (χ0n) is 18.1. The molecule has 0 amide bonds. The fourth-order valence-corrected chi connectivity index (χ4v) is 3.71. The van der Waals surface area contributed by atoms with Crippen molar-refractivity contribution in [1.29, 1.82) is 0 Å². The molecular formula is C27H23N5. The van der Waals surface area contributed by atoms with Crippen molar-refractivity contribution in [3.8, 4) is 22.4 Å². The normalized spacial score (nSPS) is 10.9. The van der Waals surface area contributed by atoms with Gasteiger partial charge in [-0.05, 0) is 72.3 Å². The number of nitrogens with zero attached hydrogens (tertiary/aromatic N) is 4. The standard InChI is InChI=1S/C27H23N5/c1-18-3-6-24(16-30-18)26-14-23-10-12-29-27(25(23)17-31-26)32-15-20-4-7-21(8-5-20)22-9-11-28-19(2)13-22/h3-14,16-17H,15H2,1-2H3,(H,29,32). The number of pyridine rings is 4. The summed E-state index contributed by atoms with van der Waals surface area (Å²) in [5, 5.41) is 5.56. The summed E-state index contributed by atoms with van der Waals surface area (Å²) in [6.07, 6.45) is 7.42. The number of hydrogen-bond acceptors (Lipinski definition) is 5. The number of aryl methyl sites for hydroxylation is 2. The molecule has 0 aliphatic carbocycles. The topological polar surface area (TPSA) is 63.6 Å². The van der Waals surface area contributed by atoms with Gasteiger partial charge in [0, 0.05) is 53.7 Å². The molecule has 5 heteroatoms. The highest BCUT2D eigenvalue weighted by Gasteiger charge is 2.07. The van der Waals surface area contributed by atoms with E-state index in [9.17, 15) is 0 Å². The molecule has 1 aromatic carbocycles. The zero-order chi connectivity index (χ0) is 21.9. The highest BCUT2D eigenvalue weighted by molar-refractivity contribution is 5.93. The number of nitrogens with one attached hydrogen (secondary N) is 1. The van der Waals surface area contributed by atoms with E-state index in [1.165, 1.54) is 16.7 Å². The van der Waals surface area contributed by atoms with Crippen LogP contribution in [0.25, 0.3) is 33.2 Å². The summed E-state index contributed by atoms with van der Waals surface area (Å²) >= 11 is 0. The number of hydrogen-bond donors (Lipinski definition) is 1. The minimum atomic E-state index is 0.686. The Labute approximate surface area is 187 Å². The van der Waals surface area contributed by atoms with Crippen LogP contribution in [0.4, 0.5) is 5.82 Å². The van der Waals surface area contributed by atoms with E-state index in [-0.39, 0.29) is 0 Å². The third-order valence-electron chi connectivity index (χ3n) is 5.50. The van der Waals surface area contributed by atoms with Crippen molar-refractivity contribution in [1.82, 2.24) is 19.9 Å². The van der Waals surface area contributed by atoms with E-state index in [0.717, 1.165) is 39.2 Å². The minimum absolute atomic E-state index is 0.686. The summed E-state index contributed by atoms with van der Waals surface area (Å²) in [5.41, 5.74) is 7.48. The highest BCUT2D eigenvalue weighted by Crippen LogP contribution is 2.26. The predicted molar refractivity (Wildman–Crippen MR) is 129 cm³/mol. The summed E-state index contributed by atoms with van der Waals surface area (Å²) in [5.74, 6) is 0.831. The van der Waals surface area contributed by atoms with Gasteiger partial charge in [-0.25, -0.2) is 4.98 Å². The zero-order valence-corrected chi connectivity index (χ0v) is 18.1. The monoisotopic (exact) mass is 417 g/mol. The SMILES string of the molecule is Cc1ccc(-c2cc3ccnc(NCc4ccc(-c5ccnc(C)c5)cc4)c3cn2)cn1. The summed E-state index contributed by atoms with van der Waals surface area (Å²) in [7, 11) is 0. The van der Waals surface area contributed by atoms with Gasteiger partial charge >= 0.3 is 0 Å². The molecule has 0 spiro atoms. The lowest BCUT2D eigenvalue weighted by Gasteiger charge is -2.10. The van der Waals surface area contributed by atoms with Gasteiger partial charge in [0.05, 0.1) is 5.69 Å². The van der Waals surface area contributed by atoms with Crippen molar-refractivity contribution >= 4 is 16.6 Å². The molecule has 5 aromatic rings. The highest BCUT2D eigenvalue weighted by atomic mass is 15.0. The van der Waals surface area contributed by atoms with Crippen molar-refractivity contribution in [3.63, 3.8) is 0 Å². The van der Waals surface area contributed by atoms with Crippen LogP contribution in [0, 0.1) is 13.8 Å². The molecular weight excluding hydrogens is 394 g/mol. The Kier molecular flexibility index (Phi) is 5.30. The van der Waals surface area contributed by atoms with Crippen molar-refractivity contribution < 1.29 is 0 Å². The van der Waals surface area contributed by atoms with Crippen LogP contribution in [0.3, 0.4) is 0 Å². The van der Waals surface area contributed by atoms with Gasteiger partial charge < -0.3 is 5.32 Å². The number of aromatic nitrogens is 4. The lowest BCUT2D eigenvalue weighted by molar-refractivity contribution is 1.12. The molecule has 0 unspecified atom stereocenters. The van der Waals surface area contributed by atoms with E-state index < -0.39 is 0 Å². The molecule has 5 nitrogen and oxygen atoms in total. The van der Waals surface area contributed by atoms with E-state index >= 15 is 0 Å². The van der Waals surface area contributed by atoms with Gasteiger partial charge in [-0.3, -0.25) is 15.0 Å². The van der Waals surface area contributed by atoms with E-state index in [1.807, 2.05) is 62.9 Å². The van der Waals surface area contributed by atoms with Crippen LogP contribution in [0.5, 0.6) is 0 Å². The van der Waals surface area contributed by atoms with Crippen LogP contribution in [-0.2, 0) is 6.54 Å². The average Bonchev–Trinajstić information content (AvgIpc) is 2.83. The molecule has 5 rings (SSSR count). The largest absolute Gasteiger partial charge is 0.365 e. The number of anilines is 1. The summed E-state index contributed by atoms with van der Waals surface area (Å²) in [6, 6.07) is 20.9. The molecule has 4 heterocycles. The average molecular weight is 418 g/mol. The molecule has 0 bridgehead atoms. The Morgan fingerprint density at radius 2 is 1.47 bits per heavy atom. The number of fused-ring (bicyclic) bond motifs is 1. The molecule has 0 aliphatic rings. The third kappa shape index (κ3) is 4.18. The van der Waals surface area contributed by atoms with Crippen LogP contribution in [0.1, 0.15) is 17.0 Å². The van der Waals surface area contributed by atoms with E-state index in [1.54, 1.807) is 0 Å². The van der Waals surface area contributed by atoms with Crippen LogP contribution in [-0.4, -0.2) is 19.9 Å². The second kappa shape index (κ2) is 8.55. The van der Waals surface area contributed by atoms with Gasteiger partial charge in [0.25, 0.3) is 0 Å². The van der Waals surface area contributed by atoms with Crippen molar-refractivity contribution in [2.45, 2.75) is 20.4 Å². The first kappa shape index (κ1) is 19.8. The quantitative estimate of drug-likeness (QED) is 0.381. The second-order valence-electron chi connectivity index (χ2n) is 7.87. The second-order valence-corrected chi connectivity index (χ2v) is 7.87. The molecule has 0 saturated heterocycles. The van der Waals surface area contributed by atoms with Gasteiger partial charge in [0.1, 0.15) is 5.82 Å². The summed E-state index contributed by atoms with van der Waals surface area (Å²) in [6.45, 7) is 4.68. The van der Waals surface area contributed by atoms with Crippen LogP contribution >= 0.6 is 0 Å². The van der Waals surface area contributed by atoms with Gasteiger partial charge in [-0.15, -0.1) is 0 Å². The molecule has 0 aliphatic heterocycles. The summed E-state index contributed by atoms with van der Waals surface area (Å²) < 4.78 is 0. The maximum absolute atomic E-state index is 4.65. The first-order valence-electron chi connectivity index (χ1n) is 10.6. The maximum atomic E-state index is 4.65. The minimum Gasteiger partial charge on any atom is -0.365 e. The predicted octanol–water partition coefficient (Wildman–Crippen LogP) is 5.98. The first-order chi connectivity index (χ1) is 15.7. The van der Waals surface area contributed by atoms with Gasteiger partial charge in [-0.1, -0.05) is 24.3 Å². The van der Waals surface area contributed by atoms with E-state index in [2.05, 4.69) is 61.7 Å². The van der Waals surface area contributed by atoms with Gasteiger partial charge in [0.15, 0.2) is 0 Å². The molecule has 0 saturated carbocycles. The van der Waals surface area contributed by atoms with Crippen LogP contribution < -0.4 is 5.32 Å². The van der Waals surface area contributed by atoms with Gasteiger partial charge in [0.2, 0.25) is 0 Å². The fourth-order valence-electron chi connectivity index (χ4n) is 3.71. The van der Waals surface area contributed by atoms with E-state index in [0.29, 0.717) is 6.54 Å². The third-order valence-corrected chi connectivity index (χ3v) is 5.50. The molecule has 32 heavy (non-hydrogen) atoms. The Balaban J connectivity index is 1.34. The Bertz CT molecular complexity index is 1380. The van der Waals surface area contributed by atoms with Crippen LogP contribution in [0.15, 0.2) is 85.5 Å². The smallest absolute Gasteiger partial charge is 0.135 e. The van der Waals surface area contributed by atoms with Crippen molar-refractivity contribution in [3.05, 3.63) is 102 Å². The Morgan fingerprint density at radius 1 is 0.656 bits per heavy atom. The molecule has 156 valence electrons. The lowest BCUT2D eigenvalue weighted by atomic mass is 10.0. The fraction of sp³-hybridized carbons (Fsp3) is 0.111. The Morgan fingerprint density at radius 3 is 2.25 bits per heavy atom. The van der Waals surface area contributed by atoms with Crippen molar-refractivity contribution in [2.24, 2.45) is 0 Å². The van der Waals surface area contributed by atoms with Crippen LogP contribution in [0.2, 0.25) is 0 Å².